The number of pyridine rings is 1. The van der Waals surface area contributed by atoms with Gasteiger partial charge >= 0.3 is 6.03 Å². The predicted molar refractivity (Wildman–Crippen MR) is 123 cm³/mol. The van der Waals surface area contributed by atoms with Crippen molar-refractivity contribution in [2.45, 2.75) is 20.1 Å². The Morgan fingerprint density at radius 3 is 2.79 bits per heavy atom. The Kier molecular flexibility index (Phi) is 5.79. The van der Waals surface area contributed by atoms with Crippen molar-refractivity contribution in [3.8, 4) is 11.4 Å². The van der Waals surface area contributed by atoms with Crippen LogP contribution in [0.3, 0.4) is 0 Å². The number of carbonyl (C=O) groups is 1. The fraction of sp³-hybridized carbons (Fsp3) is 0.208. The molecule has 0 unspecified atom stereocenters. The third kappa shape index (κ3) is 4.26. The third-order valence-electron chi connectivity index (χ3n) is 5.64. The molecule has 0 atom stereocenters. The summed E-state index contributed by atoms with van der Waals surface area (Å²) in [7, 11) is 0. The molecule has 0 radical (unpaired) electrons. The van der Waals surface area contributed by atoms with Crippen molar-refractivity contribution in [3.05, 3.63) is 82.3 Å². The van der Waals surface area contributed by atoms with Crippen LogP contribution >= 0.6 is 11.6 Å². The van der Waals surface area contributed by atoms with Crippen LogP contribution in [-0.4, -0.2) is 38.8 Å². The van der Waals surface area contributed by atoms with Gasteiger partial charge in [0.1, 0.15) is 23.7 Å². The van der Waals surface area contributed by atoms with Gasteiger partial charge in [0, 0.05) is 36.3 Å². The number of nitrogens with zero attached hydrogens (tertiary/aromatic N) is 4. The molecule has 1 N–H and O–H groups in total. The van der Waals surface area contributed by atoms with E-state index in [4.69, 9.17) is 16.3 Å². The maximum absolute atomic E-state index is 14.1. The van der Waals surface area contributed by atoms with E-state index in [1.165, 1.54) is 23.0 Å². The summed E-state index contributed by atoms with van der Waals surface area (Å²) in [4.78, 5) is 18.2. The van der Waals surface area contributed by atoms with E-state index < -0.39 is 11.6 Å². The number of nitrogens with one attached hydrogen (secondary N) is 1. The van der Waals surface area contributed by atoms with E-state index in [9.17, 15) is 13.6 Å². The molecule has 2 aromatic heterocycles. The molecule has 7 nitrogen and oxygen atoms in total. The molecule has 10 heteroatoms. The van der Waals surface area contributed by atoms with E-state index in [1.807, 2.05) is 19.1 Å². The van der Waals surface area contributed by atoms with Crippen molar-refractivity contribution in [2.75, 3.05) is 13.1 Å². The van der Waals surface area contributed by atoms with Gasteiger partial charge in [-0.25, -0.2) is 23.2 Å². The quantitative estimate of drug-likeness (QED) is 0.429. The first-order valence-electron chi connectivity index (χ1n) is 10.6. The third-order valence-corrected chi connectivity index (χ3v) is 5.97. The lowest BCUT2D eigenvalue weighted by molar-refractivity contribution is 0.215. The highest BCUT2D eigenvalue weighted by Gasteiger charge is 2.22. The Hall–Kier alpha value is -3.72. The molecule has 1 aliphatic rings. The van der Waals surface area contributed by atoms with Crippen LogP contribution in [0.1, 0.15) is 16.8 Å². The highest BCUT2D eigenvalue weighted by molar-refractivity contribution is 6.31. The summed E-state index contributed by atoms with van der Waals surface area (Å²) in [5, 5.41) is 7.74. The molecule has 3 heterocycles. The van der Waals surface area contributed by atoms with E-state index in [2.05, 4.69) is 15.4 Å². The number of urea groups is 1. The van der Waals surface area contributed by atoms with E-state index >= 15 is 0 Å². The van der Waals surface area contributed by atoms with Crippen LogP contribution in [-0.2, 0) is 13.2 Å². The van der Waals surface area contributed by atoms with Crippen molar-refractivity contribution >= 4 is 28.5 Å². The average molecular weight is 484 g/mol. The van der Waals surface area contributed by atoms with Gasteiger partial charge in [0.15, 0.2) is 5.82 Å². The largest absolute Gasteiger partial charge is 0.487 e. The number of amides is 2. The summed E-state index contributed by atoms with van der Waals surface area (Å²) in [6.45, 7) is 3.15. The minimum atomic E-state index is -0.484. The number of benzene rings is 2. The summed E-state index contributed by atoms with van der Waals surface area (Å²) < 4.78 is 35.3. The van der Waals surface area contributed by atoms with Crippen LogP contribution in [0.15, 0.2) is 48.8 Å². The molecular formula is C24H20ClF2N5O2. The highest BCUT2D eigenvalue weighted by atomic mass is 35.5. The van der Waals surface area contributed by atoms with Gasteiger partial charge in [-0.05, 0) is 36.8 Å². The molecule has 0 saturated carbocycles. The number of hydrogen-bond donors (Lipinski definition) is 1. The Labute approximate surface area is 198 Å². The number of halogens is 3. The lowest BCUT2D eigenvalue weighted by atomic mass is 10.1. The van der Waals surface area contributed by atoms with Crippen LogP contribution in [0.25, 0.3) is 16.6 Å². The number of aryl methyl sites for hydroxylation is 1. The number of para-hydroxylation sites is 1. The number of aromatic nitrogens is 3. The maximum atomic E-state index is 14.1. The van der Waals surface area contributed by atoms with Crippen molar-refractivity contribution in [3.63, 3.8) is 0 Å². The van der Waals surface area contributed by atoms with Gasteiger partial charge in [0.25, 0.3) is 0 Å². The molecule has 0 bridgehead atoms. The first-order valence-corrected chi connectivity index (χ1v) is 11.0. The second kappa shape index (κ2) is 8.90. The SMILES string of the molecule is Cc1cc(-n2cc(F)cn2)c2cccc(OCc3c(Cl)cc(F)cc3CN3CCNC3=O)c2n1. The van der Waals surface area contributed by atoms with Crippen LogP contribution in [0.2, 0.25) is 5.02 Å². The Morgan fingerprint density at radius 1 is 1.21 bits per heavy atom. The van der Waals surface area contributed by atoms with E-state index in [0.29, 0.717) is 46.9 Å². The normalized spacial score (nSPS) is 13.5. The summed E-state index contributed by atoms with van der Waals surface area (Å²) in [5.74, 6) is -0.442. The zero-order valence-corrected chi connectivity index (χ0v) is 18.9. The lowest BCUT2D eigenvalue weighted by Gasteiger charge is -2.19. The highest BCUT2D eigenvalue weighted by Crippen LogP contribution is 2.31. The molecule has 2 amide bonds. The van der Waals surface area contributed by atoms with Gasteiger partial charge in [-0.15, -0.1) is 0 Å². The lowest BCUT2D eigenvalue weighted by Crippen LogP contribution is -2.28. The van der Waals surface area contributed by atoms with Crippen molar-refractivity contribution in [1.29, 1.82) is 0 Å². The summed E-state index contributed by atoms with van der Waals surface area (Å²) in [6, 6.07) is 9.63. The van der Waals surface area contributed by atoms with Gasteiger partial charge in [-0.2, -0.15) is 5.10 Å². The minimum absolute atomic E-state index is 0.0460. The number of fused-ring (bicyclic) bond motifs is 1. The Bertz CT molecular complexity index is 1410. The summed E-state index contributed by atoms with van der Waals surface area (Å²) in [5.41, 5.74) is 3.10. The topological polar surface area (TPSA) is 72.3 Å². The number of rotatable bonds is 6. The van der Waals surface area contributed by atoms with Crippen molar-refractivity contribution in [2.24, 2.45) is 0 Å². The first kappa shape index (κ1) is 22.1. The zero-order valence-electron chi connectivity index (χ0n) is 18.2. The molecular weight excluding hydrogens is 464 g/mol. The Morgan fingerprint density at radius 2 is 2.06 bits per heavy atom. The molecule has 0 aliphatic carbocycles. The predicted octanol–water partition coefficient (Wildman–Crippen LogP) is 4.76. The molecule has 174 valence electrons. The monoisotopic (exact) mass is 483 g/mol. The summed E-state index contributed by atoms with van der Waals surface area (Å²) >= 11 is 6.37. The van der Waals surface area contributed by atoms with E-state index in [0.717, 1.165) is 11.6 Å². The maximum Gasteiger partial charge on any atom is 0.317 e. The molecule has 34 heavy (non-hydrogen) atoms. The Balaban J connectivity index is 1.49. The van der Waals surface area contributed by atoms with Crippen molar-refractivity contribution in [1.82, 2.24) is 25.0 Å². The standard InChI is InChI=1S/C24H20ClF2N5O2/c1-14-7-21(32-12-17(27)10-29-32)18-3-2-4-22(23(18)30-14)34-13-19-15(8-16(26)9-20(19)25)11-31-6-5-28-24(31)33/h2-4,7-10,12H,5-6,11,13H2,1H3,(H,28,33). The van der Waals surface area contributed by atoms with Gasteiger partial charge in [0.2, 0.25) is 0 Å². The first-order chi connectivity index (χ1) is 16.4. The van der Waals surface area contributed by atoms with Gasteiger partial charge in [0.05, 0.1) is 23.1 Å². The fourth-order valence-corrected chi connectivity index (χ4v) is 4.32. The second-order valence-electron chi connectivity index (χ2n) is 8.01. The van der Waals surface area contributed by atoms with Crippen molar-refractivity contribution < 1.29 is 18.3 Å². The van der Waals surface area contributed by atoms with Crippen LogP contribution < -0.4 is 10.1 Å². The van der Waals surface area contributed by atoms with Gasteiger partial charge in [-0.3, -0.25) is 0 Å². The van der Waals surface area contributed by atoms with E-state index in [1.54, 1.807) is 17.0 Å². The number of carbonyl (C=O) groups excluding carboxylic acids is 1. The molecule has 0 spiro atoms. The molecule has 5 rings (SSSR count). The number of hydrogen-bond acceptors (Lipinski definition) is 4. The fourth-order valence-electron chi connectivity index (χ4n) is 4.04. The molecule has 2 aromatic carbocycles. The number of ether oxygens (including phenoxy) is 1. The van der Waals surface area contributed by atoms with Crippen LogP contribution in [0, 0.1) is 18.6 Å². The average Bonchev–Trinajstić information content (AvgIpc) is 3.40. The van der Waals surface area contributed by atoms with Crippen LogP contribution in [0.4, 0.5) is 13.6 Å². The second-order valence-corrected chi connectivity index (χ2v) is 8.41. The molecule has 4 aromatic rings. The molecule has 1 aliphatic heterocycles. The van der Waals surface area contributed by atoms with Gasteiger partial charge in [-0.1, -0.05) is 23.7 Å². The van der Waals surface area contributed by atoms with Crippen LogP contribution in [0.5, 0.6) is 5.75 Å². The minimum Gasteiger partial charge on any atom is -0.487 e. The van der Waals surface area contributed by atoms with E-state index in [-0.39, 0.29) is 24.2 Å². The van der Waals surface area contributed by atoms with Gasteiger partial charge < -0.3 is 15.0 Å². The molecule has 1 saturated heterocycles. The smallest absolute Gasteiger partial charge is 0.317 e. The summed E-state index contributed by atoms with van der Waals surface area (Å²) in [6.07, 6.45) is 2.43. The zero-order chi connectivity index (χ0) is 23.8. The molecule has 1 fully saturated rings.